The molecule has 25 rings (SSSR count). The van der Waals surface area contributed by atoms with Crippen molar-refractivity contribution in [2.75, 3.05) is 12.7 Å². The summed E-state index contributed by atoms with van der Waals surface area (Å²) < 4.78 is 24.6. The molecule has 0 saturated carbocycles. The first-order valence-corrected chi connectivity index (χ1v) is 44.1. The van der Waals surface area contributed by atoms with Crippen molar-refractivity contribution in [3.63, 3.8) is 0 Å². The van der Waals surface area contributed by atoms with Crippen molar-refractivity contribution in [1.82, 2.24) is 22.8 Å². The highest BCUT2D eigenvalue weighted by Crippen LogP contribution is 2.47. The van der Waals surface area contributed by atoms with Gasteiger partial charge in [-0.2, -0.15) is 0 Å². The fourth-order valence-corrected chi connectivity index (χ4v) is 19.8. The standard InChI is InChI=1S/C42H27N3.C38H28N2.C35H24.CH4BP.CH5P/c1-7-19-37-31(13-1)32-14-2-8-20-38(32)43(37)28-25-29(44-39-21-9-3-15-33(39)34-16-4-10-22-40(34)44)27-30(26-28)45-41-23-11-5-17-35(41)36-18-6-12-24-42(36)45;1-25-23-27(39-35-15-7-3-11-31(35)32-12-4-8-16-36(32)39)19-21-29(25)30-22-20-28(24-26(30)2)40-37-17-9-5-13-33(37)34-14-6-10-18-38(34)40;1-23-14-19-32-33(20-23)35(29-18-16-25-9-3-5-11-27(25)22-29)31-13-7-6-12-30(31)34(32)28-17-15-24-8-2-4-10-26(24)21-28;2-1-3;1-2/h1-27H;3-24H,1-2H3;2-22H,1H3;1,3H2;2H2,1H3/i;;;1D;1T. The first-order chi connectivity index (χ1) is 62.4. The number of hydrogen-bond acceptors (Lipinski definition) is 0. The van der Waals surface area contributed by atoms with Crippen molar-refractivity contribution in [1.29, 1.82) is 0 Å². The Balaban J connectivity index is 0.000000113. The van der Waals surface area contributed by atoms with Gasteiger partial charge in [0.25, 0.3) is 0 Å². The van der Waals surface area contributed by atoms with E-state index < -0.39 is 6.04 Å². The van der Waals surface area contributed by atoms with E-state index in [0.29, 0.717) is 6.64 Å². The molecule has 3 atom stereocenters. The van der Waals surface area contributed by atoms with Crippen LogP contribution in [-0.2, 0) is 0 Å². The van der Waals surface area contributed by atoms with Gasteiger partial charge in [0, 0.05) is 68.0 Å². The molecular formula is C117H88BN5P2. The van der Waals surface area contributed by atoms with Gasteiger partial charge in [0.2, 0.25) is 0 Å². The van der Waals surface area contributed by atoms with Gasteiger partial charge < -0.3 is 22.8 Å². The molecule has 0 saturated heterocycles. The van der Waals surface area contributed by atoms with Gasteiger partial charge in [-0.3, -0.25) is 0 Å². The molecule has 5 heterocycles. The van der Waals surface area contributed by atoms with Gasteiger partial charge in [-0.1, -0.05) is 328 Å². The Labute approximate surface area is 735 Å². The summed E-state index contributed by atoms with van der Waals surface area (Å²) in [5.74, 6) is 0. The van der Waals surface area contributed by atoms with Crippen LogP contribution in [-0.4, -0.2) is 43.4 Å². The quantitative estimate of drug-likeness (QED) is 0.0823. The van der Waals surface area contributed by atoms with Crippen LogP contribution in [0.4, 0.5) is 0 Å². The van der Waals surface area contributed by atoms with Crippen molar-refractivity contribution in [3.8, 4) is 61.8 Å². The van der Waals surface area contributed by atoms with E-state index in [4.69, 9.17) is 10.6 Å². The van der Waals surface area contributed by atoms with Crippen LogP contribution in [0.5, 0.6) is 0 Å². The monoisotopic (exact) mass is 1640 g/mol. The molecule has 0 aliphatic carbocycles. The highest BCUT2D eigenvalue weighted by atomic mass is 31.0. The highest BCUT2D eigenvalue weighted by Gasteiger charge is 2.23. The van der Waals surface area contributed by atoms with Gasteiger partial charge in [0.1, 0.15) is 0 Å². The Hall–Kier alpha value is -14.6. The highest BCUT2D eigenvalue weighted by molar-refractivity contribution is 7.19. The molecule has 25 aromatic rings. The van der Waals surface area contributed by atoms with Crippen LogP contribution in [0.2, 0.25) is 0 Å². The molecule has 0 bridgehead atoms. The van der Waals surface area contributed by atoms with Gasteiger partial charge >= 0.3 is 0 Å². The second-order valence-corrected chi connectivity index (χ2v) is 32.6. The zero-order valence-corrected chi connectivity index (χ0v) is 72.0. The number of rotatable bonds is 8. The third-order valence-corrected chi connectivity index (χ3v) is 25.0. The predicted octanol–water partition coefficient (Wildman–Crippen LogP) is 31.6. The van der Waals surface area contributed by atoms with Crippen LogP contribution in [0, 0.1) is 20.8 Å². The first kappa shape index (κ1) is 75.3. The summed E-state index contributed by atoms with van der Waals surface area (Å²) in [6.07, 6.45) is 0. The summed E-state index contributed by atoms with van der Waals surface area (Å²) in [6.45, 7) is 7.06. The van der Waals surface area contributed by atoms with Crippen molar-refractivity contribution < 1.29 is 2.74 Å². The molecule has 0 N–H and O–H groups in total. The summed E-state index contributed by atoms with van der Waals surface area (Å²) in [5.41, 5.74) is 29.4. The molecule has 5 nitrogen and oxygen atoms in total. The molecular weight excluding hydrogens is 1550 g/mol. The number of aromatic nitrogens is 5. The lowest BCUT2D eigenvalue weighted by Crippen LogP contribution is -2.03. The number of hydrogen-bond donors (Lipinski definition) is 0. The molecule has 0 fully saturated rings. The topological polar surface area (TPSA) is 24.6 Å². The van der Waals surface area contributed by atoms with E-state index >= 15 is 0 Å². The molecule has 0 spiro atoms. The predicted molar refractivity (Wildman–Crippen MR) is 548 cm³/mol. The van der Waals surface area contributed by atoms with Gasteiger partial charge in [-0.05, 0) is 224 Å². The summed E-state index contributed by atoms with van der Waals surface area (Å²) >= 11 is 0. The van der Waals surface area contributed by atoms with Crippen molar-refractivity contribution in [3.05, 3.63) is 441 Å². The van der Waals surface area contributed by atoms with E-state index in [-0.39, 0.29) is 0 Å². The Bertz CT molecular complexity index is 7850. The summed E-state index contributed by atoms with van der Waals surface area (Å²) in [7, 11) is 9.09. The number of para-hydroxylation sites is 10. The maximum atomic E-state index is 6.32. The minimum absolute atomic E-state index is 0.417. The van der Waals surface area contributed by atoms with Crippen LogP contribution < -0.4 is 0 Å². The van der Waals surface area contributed by atoms with Gasteiger partial charge in [0.05, 0.1) is 80.1 Å². The second kappa shape index (κ2) is 33.0. The Morgan fingerprint density at radius 1 is 0.240 bits per heavy atom. The van der Waals surface area contributed by atoms with E-state index in [1.54, 1.807) is 0 Å². The third kappa shape index (κ3) is 13.5. The maximum Gasteiger partial charge on any atom is 0.0709 e. The van der Waals surface area contributed by atoms with Gasteiger partial charge in [0.15, 0.2) is 0 Å². The lowest BCUT2D eigenvalue weighted by molar-refractivity contribution is 1.10. The fourth-order valence-electron chi connectivity index (χ4n) is 19.8. The Kier molecular flexibility index (Phi) is 19.9. The minimum Gasteiger partial charge on any atom is -0.309 e. The molecule has 8 heteroatoms. The fraction of sp³-hybridized carbons (Fsp3) is 0.0427. The number of nitrogens with zero attached hydrogens (tertiary/aromatic N) is 5. The Morgan fingerprint density at radius 3 is 0.736 bits per heavy atom. The first-order valence-electron chi connectivity index (χ1n) is 43.9. The molecule has 3 unspecified atom stereocenters. The molecule has 594 valence electrons. The average Bonchev–Trinajstić information content (AvgIpc) is 1.47. The number of aryl methyl sites for hydroxylation is 3. The van der Waals surface area contributed by atoms with E-state index in [0.717, 1.165) is 17.1 Å². The van der Waals surface area contributed by atoms with Crippen LogP contribution in [0.15, 0.2) is 425 Å². The van der Waals surface area contributed by atoms with Crippen molar-refractivity contribution in [2.45, 2.75) is 20.8 Å². The van der Waals surface area contributed by atoms with Crippen molar-refractivity contribution in [2.24, 2.45) is 0 Å². The maximum absolute atomic E-state index is 6.32. The van der Waals surface area contributed by atoms with Gasteiger partial charge in [-0.25, -0.2) is 0 Å². The number of fused-ring (bicyclic) bond motifs is 19. The van der Waals surface area contributed by atoms with Crippen LogP contribution in [0.25, 0.3) is 214 Å². The number of benzene rings is 20. The van der Waals surface area contributed by atoms with E-state index in [1.165, 1.54) is 214 Å². The SMILES string of the molecule is Cc1cc(-n2c3ccccc3c3ccccc32)ccc1-c1ccc(-n2c3ccccc3c3ccccc32)cc1C.Cc1ccc2c(-c3ccc4ccccc4c3)c3ccccc3c(-c3ccc4ccccc4c3)c2c1.[2H]C([B])P.[3H]CP.c1ccc2c(c1)c1ccccc1n2-c1cc(-n2c3ccccc3c3ccccc32)cc(-n2c3ccccc3c3ccccc32)c1. The normalized spacial score (nSPS) is 12.0. The molecule has 5 aromatic heterocycles. The van der Waals surface area contributed by atoms with E-state index in [1.807, 2.05) is 0 Å². The lowest BCUT2D eigenvalue weighted by atomic mass is 9.84. The van der Waals surface area contributed by atoms with E-state index in [9.17, 15) is 0 Å². The molecule has 0 aliphatic heterocycles. The van der Waals surface area contributed by atoms with Crippen LogP contribution in [0.1, 0.15) is 19.4 Å². The van der Waals surface area contributed by atoms with E-state index in [2.05, 4.69) is 487 Å². The molecule has 20 aromatic carbocycles. The van der Waals surface area contributed by atoms with Crippen LogP contribution >= 0.6 is 18.5 Å². The summed E-state index contributed by atoms with van der Waals surface area (Å²) in [6, 6.07) is 154. The smallest absolute Gasteiger partial charge is 0.0709 e. The third-order valence-electron chi connectivity index (χ3n) is 25.0. The average molecular weight is 1640 g/mol. The molecule has 0 amide bonds. The summed E-state index contributed by atoms with van der Waals surface area (Å²) in [5, 5.41) is 23.0. The second-order valence-electron chi connectivity index (χ2n) is 32.2. The van der Waals surface area contributed by atoms with Crippen LogP contribution in [0.3, 0.4) is 0 Å². The Morgan fingerprint density at radius 2 is 0.464 bits per heavy atom. The zero-order chi connectivity index (χ0) is 85.9. The van der Waals surface area contributed by atoms with Gasteiger partial charge in [-0.15, -0.1) is 18.5 Å². The molecule has 125 heavy (non-hydrogen) atoms. The largest absolute Gasteiger partial charge is 0.309 e. The summed E-state index contributed by atoms with van der Waals surface area (Å²) in [4.78, 5) is 0. The zero-order valence-electron chi connectivity index (χ0n) is 71.7. The van der Waals surface area contributed by atoms with Crippen molar-refractivity contribution >= 4 is 178 Å². The molecule has 0 aliphatic rings. The minimum atomic E-state index is -0.500. The lowest BCUT2D eigenvalue weighted by Gasteiger charge is -2.19. The molecule has 2 radical (unpaired) electrons.